The fraction of sp³-hybridized carbons (Fsp3) is 0.533. The van der Waals surface area contributed by atoms with E-state index in [-0.39, 0.29) is 30.3 Å². The Morgan fingerprint density at radius 2 is 2.35 bits per heavy atom. The van der Waals surface area contributed by atoms with Crippen LogP contribution in [-0.2, 0) is 4.79 Å². The van der Waals surface area contributed by atoms with Crippen molar-refractivity contribution in [1.82, 2.24) is 10.6 Å². The number of hydrogen-bond donors (Lipinski definition) is 2. The first-order chi connectivity index (χ1) is 9.20. The maximum Gasteiger partial charge on any atom is 0.224 e. The highest BCUT2D eigenvalue weighted by Crippen LogP contribution is 2.21. The van der Waals surface area contributed by atoms with Crippen LogP contribution in [0.15, 0.2) is 24.3 Å². The number of hydrogen-bond acceptors (Lipinski definition) is 2. The molecule has 1 aromatic carbocycles. The smallest absolute Gasteiger partial charge is 0.224 e. The van der Waals surface area contributed by atoms with Crippen molar-refractivity contribution >= 4 is 29.9 Å². The predicted molar refractivity (Wildman–Crippen MR) is 85.5 cm³/mol. The van der Waals surface area contributed by atoms with Crippen LogP contribution < -0.4 is 10.6 Å². The van der Waals surface area contributed by atoms with E-state index in [0.717, 1.165) is 37.9 Å². The minimum absolute atomic E-state index is 0. The largest absolute Gasteiger partial charge is 0.349 e. The predicted octanol–water partition coefficient (Wildman–Crippen LogP) is 3.33. The van der Waals surface area contributed by atoms with Crippen molar-refractivity contribution in [2.24, 2.45) is 5.92 Å². The lowest BCUT2D eigenvalue weighted by Crippen LogP contribution is -2.41. The number of carbonyl (C=O) groups excluding carboxylic acids is 1. The Hall–Kier alpha value is -0.770. The maximum atomic E-state index is 12.2. The van der Waals surface area contributed by atoms with Crippen molar-refractivity contribution in [3.63, 3.8) is 0 Å². The van der Waals surface area contributed by atoms with Gasteiger partial charge in [-0.05, 0) is 43.5 Å². The third kappa shape index (κ3) is 4.65. The minimum Gasteiger partial charge on any atom is -0.349 e. The van der Waals surface area contributed by atoms with Gasteiger partial charge in [0.1, 0.15) is 0 Å². The first kappa shape index (κ1) is 17.3. The van der Waals surface area contributed by atoms with Crippen molar-refractivity contribution in [3.8, 4) is 0 Å². The molecule has 0 radical (unpaired) electrons. The Bertz CT molecular complexity index is 434. The van der Waals surface area contributed by atoms with Crippen molar-refractivity contribution in [2.75, 3.05) is 13.1 Å². The molecule has 1 fully saturated rings. The van der Waals surface area contributed by atoms with Crippen LogP contribution in [0, 0.1) is 5.92 Å². The van der Waals surface area contributed by atoms with Gasteiger partial charge in [-0.2, -0.15) is 0 Å². The molecule has 112 valence electrons. The number of nitrogens with one attached hydrogen (secondary N) is 2. The molecule has 1 heterocycles. The Balaban J connectivity index is 0.00000200. The van der Waals surface area contributed by atoms with Crippen LogP contribution in [0.5, 0.6) is 0 Å². The van der Waals surface area contributed by atoms with Gasteiger partial charge in [0.05, 0.1) is 12.0 Å². The lowest BCUT2D eigenvalue weighted by molar-refractivity contribution is -0.126. The Labute approximate surface area is 131 Å². The lowest BCUT2D eigenvalue weighted by atomic mass is 9.97. The maximum absolute atomic E-state index is 12.2. The van der Waals surface area contributed by atoms with E-state index in [9.17, 15) is 4.79 Å². The first-order valence-electron chi connectivity index (χ1n) is 6.97. The molecule has 0 aromatic heterocycles. The first-order valence-corrected chi connectivity index (χ1v) is 7.35. The van der Waals surface area contributed by atoms with Gasteiger partial charge in [-0.15, -0.1) is 12.4 Å². The zero-order valence-electron chi connectivity index (χ0n) is 11.7. The summed E-state index contributed by atoms with van der Waals surface area (Å²) < 4.78 is 0. The van der Waals surface area contributed by atoms with Gasteiger partial charge < -0.3 is 10.6 Å². The van der Waals surface area contributed by atoms with Crippen LogP contribution in [0.2, 0.25) is 5.02 Å². The van der Waals surface area contributed by atoms with E-state index in [1.807, 2.05) is 24.3 Å². The second-order valence-electron chi connectivity index (χ2n) is 5.07. The zero-order valence-corrected chi connectivity index (χ0v) is 13.3. The number of benzene rings is 1. The molecule has 0 saturated carbocycles. The SMILES string of the molecule is CCC(NC(=O)[C@@H]1CCCNC1)c1cccc(Cl)c1.Cl. The standard InChI is InChI=1S/C15H21ClN2O.ClH/c1-2-14(11-5-3-7-13(16)9-11)18-15(19)12-6-4-8-17-10-12;/h3,5,7,9,12,14,17H,2,4,6,8,10H2,1H3,(H,18,19);1H/t12-,14?;/m1./s1. The highest BCUT2D eigenvalue weighted by atomic mass is 35.5. The number of halogens is 2. The molecular weight excluding hydrogens is 295 g/mol. The molecule has 2 rings (SSSR count). The third-order valence-electron chi connectivity index (χ3n) is 3.64. The van der Waals surface area contributed by atoms with Gasteiger partial charge >= 0.3 is 0 Å². The number of carbonyl (C=O) groups is 1. The molecule has 1 aliphatic rings. The monoisotopic (exact) mass is 316 g/mol. The van der Waals surface area contributed by atoms with Gasteiger partial charge in [-0.25, -0.2) is 0 Å². The molecule has 1 aromatic rings. The summed E-state index contributed by atoms with van der Waals surface area (Å²) in [6, 6.07) is 7.77. The van der Waals surface area contributed by atoms with Gasteiger partial charge in [0.2, 0.25) is 5.91 Å². The summed E-state index contributed by atoms with van der Waals surface area (Å²) >= 11 is 6.01. The highest BCUT2D eigenvalue weighted by molar-refractivity contribution is 6.30. The molecule has 2 N–H and O–H groups in total. The summed E-state index contributed by atoms with van der Waals surface area (Å²) in [6.45, 7) is 3.89. The molecule has 0 bridgehead atoms. The number of piperidine rings is 1. The summed E-state index contributed by atoms with van der Waals surface area (Å²) in [7, 11) is 0. The molecule has 1 amide bonds. The van der Waals surface area contributed by atoms with Crippen LogP contribution in [-0.4, -0.2) is 19.0 Å². The van der Waals surface area contributed by atoms with Crippen LogP contribution in [0.3, 0.4) is 0 Å². The van der Waals surface area contributed by atoms with Crippen LogP contribution in [0.4, 0.5) is 0 Å². The zero-order chi connectivity index (χ0) is 13.7. The molecule has 20 heavy (non-hydrogen) atoms. The van der Waals surface area contributed by atoms with E-state index in [0.29, 0.717) is 5.02 Å². The van der Waals surface area contributed by atoms with Crippen LogP contribution in [0.25, 0.3) is 0 Å². The number of amides is 1. The van der Waals surface area contributed by atoms with E-state index in [1.54, 1.807) is 0 Å². The van der Waals surface area contributed by atoms with Crippen molar-refractivity contribution in [3.05, 3.63) is 34.9 Å². The lowest BCUT2D eigenvalue weighted by Gasteiger charge is -2.25. The summed E-state index contributed by atoms with van der Waals surface area (Å²) in [5.41, 5.74) is 1.08. The van der Waals surface area contributed by atoms with Crippen LogP contribution >= 0.6 is 24.0 Å². The second kappa shape index (κ2) is 8.50. The average molecular weight is 317 g/mol. The van der Waals surface area contributed by atoms with E-state index >= 15 is 0 Å². The Morgan fingerprint density at radius 1 is 1.55 bits per heavy atom. The van der Waals surface area contributed by atoms with E-state index < -0.39 is 0 Å². The third-order valence-corrected chi connectivity index (χ3v) is 3.88. The van der Waals surface area contributed by atoms with Gasteiger partial charge in [0, 0.05) is 11.6 Å². The highest BCUT2D eigenvalue weighted by Gasteiger charge is 2.23. The molecule has 2 atom stereocenters. The van der Waals surface area contributed by atoms with Crippen LogP contribution in [0.1, 0.15) is 37.8 Å². The van der Waals surface area contributed by atoms with E-state index in [1.165, 1.54) is 0 Å². The normalized spacial score (nSPS) is 19.8. The molecular formula is C15H22Cl2N2O. The van der Waals surface area contributed by atoms with Gasteiger partial charge in [-0.3, -0.25) is 4.79 Å². The Kier molecular flexibility index (Phi) is 7.35. The molecule has 1 unspecified atom stereocenters. The summed E-state index contributed by atoms with van der Waals surface area (Å²) in [5, 5.41) is 7.13. The summed E-state index contributed by atoms with van der Waals surface area (Å²) in [5.74, 6) is 0.251. The van der Waals surface area contributed by atoms with Gasteiger partial charge in [0.25, 0.3) is 0 Å². The minimum atomic E-state index is 0. The fourth-order valence-corrected chi connectivity index (χ4v) is 2.71. The van der Waals surface area contributed by atoms with Crippen molar-refractivity contribution in [2.45, 2.75) is 32.2 Å². The molecule has 0 spiro atoms. The second-order valence-corrected chi connectivity index (χ2v) is 5.50. The van der Waals surface area contributed by atoms with E-state index in [2.05, 4.69) is 17.6 Å². The topological polar surface area (TPSA) is 41.1 Å². The van der Waals surface area contributed by atoms with Crippen molar-refractivity contribution in [1.29, 1.82) is 0 Å². The van der Waals surface area contributed by atoms with Gasteiger partial charge in [0.15, 0.2) is 0 Å². The molecule has 3 nitrogen and oxygen atoms in total. The quantitative estimate of drug-likeness (QED) is 0.894. The fourth-order valence-electron chi connectivity index (χ4n) is 2.51. The number of rotatable bonds is 4. The van der Waals surface area contributed by atoms with E-state index in [4.69, 9.17) is 11.6 Å². The Morgan fingerprint density at radius 3 is 2.95 bits per heavy atom. The van der Waals surface area contributed by atoms with Crippen molar-refractivity contribution < 1.29 is 4.79 Å². The average Bonchev–Trinajstić information content (AvgIpc) is 2.45. The summed E-state index contributed by atoms with van der Waals surface area (Å²) in [4.78, 5) is 12.2. The molecule has 5 heteroatoms. The molecule has 0 aliphatic carbocycles. The summed E-state index contributed by atoms with van der Waals surface area (Å²) in [6.07, 6.45) is 2.92. The van der Waals surface area contributed by atoms with Gasteiger partial charge in [-0.1, -0.05) is 30.7 Å². The molecule has 1 aliphatic heterocycles. The molecule has 1 saturated heterocycles.